The number of nitrogens with one attached hydrogen (secondary N) is 1. The molecule has 2 aromatic rings. The highest BCUT2D eigenvalue weighted by molar-refractivity contribution is 6.33. The summed E-state index contributed by atoms with van der Waals surface area (Å²) in [5, 5.41) is 12.0. The van der Waals surface area contributed by atoms with Crippen molar-refractivity contribution in [1.29, 1.82) is 0 Å². The van der Waals surface area contributed by atoms with E-state index in [1.54, 1.807) is 6.07 Å². The topological polar surface area (TPSA) is 62.5 Å². The maximum Gasteiger partial charge on any atom is 0.372 e. The van der Waals surface area contributed by atoms with Crippen molar-refractivity contribution in [2.75, 3.05) is 5.32 Å². The highest BCUT2D eigenvalue weighted by Crippen LogP contribution is 2.23. The summed E-state index contributed by atoms with van der Waals surface area (Å²) in [6.07, 6.45) is 1.30. The van der Waals surface area contributed by atoms with Gasteiger partial charge in [-0.1, -0.05) is 11.6 Å². The third-order valence-corrected chi connectivity index (χ3v) is 2.65. The smallest absolute Gasteiger partial charge is 0.372 e. The van der Waals surface area contributed by atoms with E-state index in [2.05, 4.69) is 5.32 Å². The van der Waals surface area contributed by atoms with Crippen LogP contribution < -0.4 is 5.32 Å². The van der Waals surface area contributed by atoms with Crippen LogP contribution in [0.1, 0.15) is 16.1 Å². The van der Waals surface area contributed by atoms with Gasteiger partial charge >= 0.3 is 5.97 Å². The average molecular weight is 270 g/mol. The first-order chi connectivity index (χ1) is 8.58. The molecule has 0 aliphatic rings. The number of carbonyl (C=O) groups is 1. The minimum absolute atomic E-state index is 0.124. The SMILES string of the molecule is O=C(O)c1occc1CNc1ccc(F)cc1Cl. The lowest BCUT2D eigenvalue weighted by molar-refractivity contribution is 0.0661. The highest BCUT2D eigenvalue weighted by Gasteiger charge is 2.13. The van der Waals surface area contributed by atoms with Gasteiger partial charge in [-0.15, -0.1) is 0 Å². The summed E-state index contributed by atoms with van der Waals surface area (Å²) in [5.74, 6) is -1.69. The minimum atomic E-state index is -1.14. The van der Waals surface area contributed by atoms with Gasteiger partial charge in [-0.05, 0) is 24.3 Å². The van der Waals surface area contributed by atoms with Crippen molar-refractivity contribution in [2.24, 2.45) is 0 Å². The van der Waals surface area contributed by atoms with Crippen LogP contribution in [0.25, 0.3) is 0 Å². The molecular formula is C12H9ClFNO3. The Balaban J connectivity index is 2.11. The number of halogens is 2. The quantitative estimate of drug-likeness (QED) is 0.893. The molecule has 1 aromatic heterocycles. The third kappa shape index (κ3) is 2.62. The number of benzene rings is 1. The predicted octanol–water partition coefficient (Wildman–Crippen LogP) is 3.38. The second kappa shape index (κ2) is 5.10. The van der Waals surface area contributed by atoms with Crippen LogP contribution in [0, 0.1) is 5.82 Å². The van der Waals surface area contributed by atoms with Crippen molar-refractivity contribution in [2.45, 2.75) is 6.54 Å². The molecule has 0 bridgehead atoms. The van der Waals surface area contributed by atoms with Crippen LogP contribution in [0.5, 0.6) is 0 Å². The Hall–Kier alpha value is -2.01. The van der Waals surface area contributed by atoms with Crippen molar-refractivity contribution in [3.8, 4) is 0 Å². The first-order valence-electron chi connectivity index (χ1n) is 5.06. The first-order valence-corrected chi connectivity index (χ1v) is 5.44. The maximum absolute atomic E-state index is 12.8. The molecule has 0 amide bonds. The standard InChI is InChI=1S/C12H9ClFNO3/c13-9-5-8(14)1-2-10(9)15-6-7-3-4-18-11(7)12(16)17/h1-5,15H,6H2,(H,16,17). The summed E-state index contributed by atoms with van der Waals surface area (Å²) in [5.41, 5.74) is 1.01. The van der Waals surface area contributed by atoms with Gasteiger partial charge in [-0.2, -0.15) is 0 Å². The normalized spacial score (nSPS) is 10.3. The lowest BCUT2D eigenvalue weighted by Crippen LogP contribution is -2.05. The molecule has 2 N–H and O–H groups in total. The molecule has 0 saturated carbocycles. The summed E-state index contributed by atoms with van der Waals surface area (Å²) < 4.78 is 17.7. The molecule has 18 heavy (non-hydrogen) atoms. The molecule has 0 spiro atoms. The van der Waals surface area contributed by atoms with Crippen LogP contribution in [0.3, 0.4) is 0 Å². The van der Waals surface area contributed by atoms with Crippen LogP contribution in [0.2, 0.25) is 5.02 Å². The number of rotatable bonds is 4. The Morgan fingerprint density at radius 2 is 2.22 bits per heavy atom. The number of furan rings is 1. The van der Waals surface area contributed by atoms with Crippen molar-refractivity contribution in [3.63, 3.8) is 0 Å². The Bertz CT molecular complexity index is 582. The number of carboxylic acids is 1. The molecule has 0 atom stereocenters. The molecule has 0 aliphatic heterocycles. The van der Waals surface area contributed by atoms with Gasteiger partial charge in [-0.3, -0.25) is 0 Å². The highest BCUT2D eigenvalue weighted by atomic mass is 35.5. The van der Waals surface area contributed by atoms with E-state index in [9.17, 15) is 9.18 Å². The van der Waals surface area contributed by atoms with Gasteiger partial charge < -0.3 is 14.8 Å². The van der Waals surface area contributed by atoms with E-state index < -0.39 is 11.8 Å². The van der Waals surface area contributed by atoms with E-state index in [1.807, 2.05) is 0 Å². The second-order valence-electron chi connectivity index (χ2n) is 3.56. The lowest BCUT2D eigenvalue weighted by Gasteiger charge is -2.07. The van der Waals surface area contributed by atoms with Crippen LogP contribution >= 0.6 is 11.6 Å². The van der Waals surface area contributed by atoms with E-state index in [4.69, 9.17) is 21.1 Å². The molecule has 2 rings (SSSR count). The van der Waals surface area contributed by atoms with Crippen LogP contribution in [-0.2, 0) is 6.54 Å². The van der Waals surface area contributed by atoms with Gasteiger partial charge in [0.25, 0.3) is 0 Å². The maximum atomic E-state index is 12.8. The zero-order chi connectivity index (χ0) is 13.1. The molecular weight excluding hydrogens is 261 g/mol. The Labute approximate surface area is 107 Å². The van der Waals surface area contributed by atoms with Crippen LogP contribution in [0.15, 0.2) is 34.9 Å². The van der Waals surface area contributed by atoms with E-state index in [-0.39, 0.29) is 17.3 Å². The number of hydrogen-bond donors (Lipinski definition) is 2. The number of anilines is 1. The summed E-state index contributed by atoms with van der Waals surface area (Å²) in [6.45, 7) is 0.226. The minimum Gasteiger partial charge on any atom is -0.475 e. The molecule has 1 aromatic carbocycles. The van der Waals surface area contributed by atoms with Crippen LogP contribution in [-0.4, -0.2) is 11.1 Å². The van der Waals surface area contributed by atoms with Crippen molar-refractivity contribution in [3.05, 3.63) is 52.7 Å². The number of carboxylic acid groups (broad SMARTS) is 1. The predicted molar refractivity (Wildman–Crippen MR) is 64.4 cm³/mol. The molecule has 0 fully saturated rings. The van der Waals surface area contributed by atoms with E-state index in [0.717, 1.165) is 0 Å². The van der Waals surface area contributed by atoms with E-state index in [0.29, 0.717) is 11.3 Å². The molecule has 0 aliphatic carbocycles. The first kappa shape index (κ1) is 12.4. The molecule has 0 unspecified atom stereocenters. The average Bonchev–Trinajstić information content (AvgIpc) is 2.76. The second-order valence-corrected chi connectivity index (χ2v) is 3.97. The fourth-order valence-corrected chi connectivity index (χ4v) is 1.72. The molecule has 1 heterocycles. The zero-order valence-electron chi connectivity index (χ0n) is 9.11. The zero-order valence-corrected chi connectivity index (χ0v) is 9.87. The Kier molecular flexibility index (Phi) is 3.53. The number of hydrogen-bond acceptors (Lipinski definition) is 3. The Morgan fingerprint density at radius 1 is 1.44 bits per heavy atom. The van der Waals surface area contributed by atoms with Crippen molar-refractivity contribution >= 4 is 23.3 Å². The number of aromatic carboxylic acids is 1. The van der Waals surface area contributed by atoms with E-state index >= 15 is 0 Å². The van der Waals surface area contributed by atoms with Gasteiger partial charge in [0.15, 0.2) is 0 Å². The summed E-state index contributed by atoms with van der Waals surface area (Å²) in [4.78, 5) is 10.8. The van der Waals surface area contributed by atoms with Crippen LogP contribution in [0.4, 0.5) is 10.1 Å². The molecule has 4 nitrogen and oxygen atoms in total. The van der Waals surface area contributed by atoms with Crippen molar-refractivity contribution < 1.29 is 18.7 Å². The van der Waals surface area contributed by atoms with Gasteiger partial charge in [-0.25, -0.2) is 9.18 Å². The summed E-state index contributed by atoms with van der Waals surface area (Å²) >= 11 is 5.83. The fraction of sp³-hybridized carbons (Fsp3) is 0.0833. The van der Waals surface area contributed by atoms with Crippen molar-refractivity contribution in [1.82, 2.24) is 0 Å². The lowest BCUT2D eigenvalue weighted by atomic mass is 10.2. The third-order valence-electron chi connectivity index (χ3n) is 2.34. The summed E-state index contributed by atoms with van der Waals surface area (Å²) in [7, 11) is 0. The molecule has 0 saturated heterocycles. The molecule has 0 radical (unpaired) electrons. The molecule has 6 heteroatoms. The largest absolute Gasteiger partial charge is 0.475 e. The van der Waals surface area contributed by atoms with E-state index in [1.165, 1.54) is 24.5 Å². The molecule has 94 valence electrons. The summed E-state index contributed by atoms with van der Waals surface area (Å²) in [6, 6.07) is 5.48. The fourth-order valence-electron chi connectivity index (χ4n) is 1.49. The monoisotopic (exact) mass is 269 g/mol. The van der Waals surface area contributed by atoms with Gasteiger partial charge in [0.05, 0.1) is 17.0 Å². The van der Waals surface area contributed by atoms with Gasteiger partial charge in [0, 0.05) is 12.1 Å². The van der Waals surface area contributed by atoms with Gasteiger partial charge in [0.2, 0.25) is 5.76 Å². The van der Waals surface area contributed by atoms with Gasteiger partial charge in [0.1, 0.15) is 5.82 Å². The Morgan fingerprint density at radius 3 is 2.89 bits per heavy atom.